The molecule has 0 fully saturated rings. The van der Waals surface area contributed by atoms with E-state index in [0.29, 0.717) is 24.1 Å². The van der Waals surface area contributed by atoms with Crippen LogP contribution in [0.25, 0.3) is 11.0 Å². The Hall–Kier alpha value is -1.48. The van der Waals surface area contributed by atoms with E-state index in [-0.39, 0.29) is 25.9 Å². The number of H-pyrrole nitrogens is 1. The van der Waals surface area contributed by atoms with E-state index in [4.69, 9.17) is 9.47 Å². The molecule has 0 aliphatic rings. The summed E-state index contributed by atoms with van der Waals surface area (Å²) in [4.78, 5) is 11.9. The molecule has 6 nitrogen and oxygen atoms in total. The predicted octanol–water partition coefficient (Wildman–Crippen LogP) is 2.83. The molecule has 1 N–H and O–H groups in total. The number of aromatic nitrogens is 3. The van der Waals surface area contributed by atoms with Crippen LogP contribution in [0.5, 0.6) is 5.75 Å². The van der Waals surface area contributed by atoms with E-state index in [1.54, 1.807) is 13.3 Å². The number of aromatic amines is 1. The molecule has 0 saturated carbocycles. The van der Waals surface area contributed by atoms with Gasteiger partial charge >= 0.3 is 23.1 Å². The van der Waals surface area contributed by atoms with Crippen LogP contribution < -0.4 is 4.74 Å². The van der Waals surface area contributed by atoms with Crippen LogP contribution in [0.3, 0.4) is 0 Å². The predicted molar refractivity (Wildman–Crippen MR) is 105 cm³/mol. The van der Waals surface area contributed by atoms with Gasteiger partial charge in [-0.3, -0.25) is 9.19 Å². The third kappa shape index (κ3) is 5.03. The molecule has 0 radical (unpaired) electrons. The third-order valence-electron chi connectivity index (χ3n) is 3.86. The molecule has 3 rings (SSSR count). The standard InChI is InChI=1S/C18H21N3O3S.Mg.2H/c1-13-16(19-9-8-17(13)24-11-5-10-23-2)12-25(22)18-20-14-6-3-4-7-15(14)21-18;;;/h3-4,6-9H,5,10-12H2,1-2H3,(H,20,21);;;/q;+2;2*-1/t25-;;;/m0.../s1. The first-order valence-corrected chi connectivity index (χ1v) is 9.40. The van der Waals surface area contributed by atoms with Crippen molar-refractivity contribution >= 4 is 44.9 Å². The largest absolute Gasteiger partial charge is 2.00 e. The number of methoxy groups -OCH3 is 1. The number of pyridine rings is 1. The number of hydrogen-bond acceptors (Lipinski definition) is 5. The molecule has 2 aromatic heterocycles. The first kappa shape index (κ1) is 20.8. The normalized spacial score (nSPS) is 11.9. The molecular formula is C18H23MgN3O3S. The van der Waals surface area contributed by atoms with Crippen molar-refractivity contribution in [1.29, 1.82) is 0 Å². The Labute approximate surface area is 174 Å². The van der Waals surface area contributed by atoms with E-state index in [9.17, 15) is 4.21 Å². The number of fused-ring (bicyclic) bond motifs is 1. The number of nitrogens with one attached hydrogen (secondary N) is 1. The van der Waals surface area contributed by atoms with Gasteiger partial charge in [0.15, 0.2) is 5.16 Å². The van der Waals surface area contributed by atoms with E-state index in [2.05, 4.69) is 15.0 Å². The first-order valence-electron chi connectivity index (χ1n) is 8.08. The van der Waals surface area contributed by atoms with Crippen molar-refractivity contribution in [3.8, 4) is 5.75 Å². The van der Waals surface area contributed by atoms with Crippen LogP contribution in [0.2, 0.25) is 0 Å². The summed E-state index contributed by atoms with van der Waals surface area (Å²) in [6.45, 7) is 3.17. The zero-order chi connectivity index (χ0) is 17.6. The van der Waals surface area contributed by atoms with Gasteiger partial charge in [-0.2, -0.15) is 0 Å². The van der Waals surface area contributed by atoms with Crippen molar-refractivity contribution in [2.75, 3.05) is 20.3 Å². The monoisotopic (exact) mass is 385 g/mol. The van der Waals surface area contributed by atoms with Crippen molar-refractivity contribution in [1.82, 2.24) is 15.0 Å². The second-order valence-corrected chi connectivity index (χ2v) is 6.99. The number of benzene rings is 1. The number of ether oxygens (including phenoxy) is 2. The van der Waals surface area contributed by atoms with Crippen molar-refractivity contribution in [2.45, 2.75) is 24.3 Å². The Kier molecular flexibility index (Phi) is 8.01. The molecule has 0 unspecified atom stereocenters. The van der Waals surface area contributed by atoms with Crippen molar-refractivity contribution in [2.24, 2.45) is 0 Å². The molecule has 1 aromatic carbocycles. The van der Waals surface area contributed by atoms with Crippen molar-refractivity contribution in [3.63, 3.8) is 0 Å². The minimum atomic E-state index is -1.30. The summed E-state index contributed by atoms with van der Waals surface area (Å²) < 4.78 is 23.5. The summed E-state index contributed by atoms with van der Waals surface area (Å²) >= 11 is 0. The molecule has 0 spiro atoms. The van der Waals surface area contributed by atoms with Gasteiger partial charge in [-0.05, 0) is 25.1 Å². The summed E-state index contributed by atoms with van der Waals surface area (Å²) in [5.41, 5.74) is 3.35. The minimum Gasteiger partial charge on any atom is -1.00 e. The molecule has 0 aliphatic heterocycles. The second kappa shape index (κ2) is 10.0. The Bertz CT molecular complexity index is 862. The maximum Gasteiger partial charge on any atom is 2.00 e. The molecule has 0 amide bonds. The maximum atomic E-state index is 12.7. The number of imidazole rings is 1. The van der Waals surface area contributed by atoms with Crippen LogP contribution >= 0.6 is 0 Å². The zero-order valence-electron chi connectivity index (χ0n) is 17.0. The van der Waals surface area contributed by atoms with Gasteiger partial charge in [0, 0.05) is 31.9 Å². The summed E-state index contributed by atoms with van der Waals surface area (Å²) in [5.74, 6) is 1.06. The number of nitrogens with zero attached hydrogens (tertiary/aromatic N) is 2. The van der Waals surface area contributed by atoms with Gasteiger partial charge in [0.25, 0.3) is 0 Å². The minimum absolute atomic E-state index is 0. The summed E-state index contributed by atoms with van der Waals surface area (Å²) in [5, 5.41) is 0.466. The fourth-order valence-electron chi connectivity index (χ4n) is 2.48. The summed E-state index contributed by atoms with van der Waals surface area (Å²) in [6, 6.07) is 9.47. The van der Waals surface area contributed by atoms with Gasteiger partial charge in [0.2, 0.25) is 0 Å². The average Bonchev–Trinajstić information content (AvgIpc) is 3.06. The molecule has 3 aromatic rings. The Morgan fingerprint density at radius 1 is 1.23 bits per heavy atom. The Balaban J connectivity index is 0.00000243. The van der Waals surface area contributed by atoms with Gasteiger partial charge < -0.3 is 17.3 Å². The topological polar surface area (TPSA) is 77.1 Å². The van der Waals surface area contributed by atoms with E-state index in [0.717, 1.165) is 34.5 Å². The molecule has 136 valence electrons. The van der Waals surface area contributed by atoms with Crippen molar-refractivity contribution < 1.29 is 16.5 Å². The summed E-state index contributed by atoms with van der Waals surface area (Å²) in [6.07, 6.45) is 2.50. The molecule has 0 saturated heterocycles. The van der Waals surface area contributed by atoms with Gasteiger partial charge in [0.1, 0.15) is 5.75 Å². The van der Waals surface area contributed by atoms with E-state index in [1.165, 1.54) is 0 Å². The molecule has 0 bridgehead atoms. The second-order valence-electron chi connectivity index (χ2n) is 5.62. The van der Waals surface area contributed by atoms with Crippen LogP contribution in [0, 0.1) is 6.92 Å². The fraction of sp³-hybridized carbons (Fsp3) is 0.333. The number of para-hydroxylation sites is 2. The van der Waals surface area contributed by atoms with Gasteiger partial charge in [0.05, 0.1) is 39.9 Å². The Morgan fingerprint density at radius 3 is 2.81 bits per heavy atom. The van der Waals surface area contributed by atoms with Crippen molar-refractivity contribution in [3.05, 3.63) is 47.8 Å². The van der Waals surface area contributed by atoms with Crippen LogP contribution in [-0.2, 0) is 21.3 Å². The Morgan fingerprint density at radius 2 is 2.04 bits per heavy atom. The van der Waals surface area contributed by atoms with Crippen LogP contribution in [0.1, 0.15) is 20.5 Å². The molecule has 0 aliphatic carbocycles. The quantitative estimate of drug-likeness (QED) is 0.476. The van der Waals surface area contributed by atoms with Crippen LogP contribution in [0.15, 0.2) is 41.7 Å². The van der Waals surface area contributed by atoms with E-state index in [1.807, 2.05) is 37.3 Å². The van der Waals surface area contributed by atoms with Gasteiger partial charge in [-0.25, -0.2) is 4.98 Å². The van der Waals surface area contributed by atoms with E-state index >= 15 is 0 Å². The fourth-order valence-corrected chi connectivity index (χ4v) is 3.58. The number of hydrogen-bond donors (Lipinski definition) is 1. The summed E-state index contributed by atoms with van der Waals surface area (Å²) in [7, 11) is 0.371. The molecule has 2 heterocycles. The average molecular weight is 386 g/mol. The van der Waals surface area contributed by atoms with Crippen LogP contribution in [-0.4, -0.2) is 62.5 Å². The molecular weight excluding hydrogens is 363 g/mol. The zero-order valence-corrected chi connectivity index (χ0v) is 17.3. The van der Waals surface area contributed by atoms with Gasteiger partial charge in [-0.15, -0.1) is 0 Å². The molecule has 26 heavy (non-hydrogen) atoms. The maximum absolute atomic E-state index is 12.7. The first-order chi connectivity index (χ1) is 12.2. The number of rotatable bonds is 8. The SMILES string of the molecule is COCCCOc1ccnc(C[S@](=O)c2nc3ccccc3[nH]2)c1C.[H-].[H-].[Mg+2]. The smallest absolute Gasteiger partial charge is 1.00 e. The molecule has 1 atom stereocenters. The molecule has 8 heteroatoms. The van der Waals surface area contributed by atoms with E-state index < -0.39 is 10.8 Å². The van der Waals surface area contributed by atoms with Crippen LogP contribution in [0.4, 0.5) is 0 Å². The third-order valence-corrected chi connectivity index (χ3v) is 5.02. The van der Waals surface area contributed by atoms with Gasteiger partial charge in [-0.1, -0.05) is 12.1 Å².